The molecule has 0 aliphatic heterocycles. The summed E-state index contributed by atoms with van der Waals surface area (Å²) in [6, 6.07) is 10.1. The van der Waals surface area contributed by atoms with Crippen molar-refractivity contribution in [1.29, 1.82) is 0 Å². The molecule has 2 nitrogen and oxygen atoms in total. The van der Waals surface area contributed by atoms with Crippen LogP contribution < -0.4 is 0 Å². The number of rotatable bonds is 5. The Kier molecular flexibility index (Phi) is 4.63. The average Bonchev–Trinajstić information content (AvgIpc) is 2.16. The number of carbonyl (C=O) groups is 1. The zero-order valence-corrected chi connectivity index (χ0v) is 9.00. The van der Waals surface area contributed by atoms with Gasteiger partial charge in [-0.05, 0) is 24.2 Å². The Morgan fingerprint density at radius 3 is 2.57 bits per heavy atom. The first-order valence-corrected chi connectivity index (χ1v) is 4.97. The molecular weight excluding hydrogens is 198 g/mol. The van der Waals surface area contributed by atoms with Crippen LogP contribution in [0.5, 0.6) is 0 Å². The van der Waals surface area contributed by atoms with E-state index in [1.54, 1.807) is 0 Å². The molecule has 0 saturated heterocycles. The van der Waals surface area contributed by atoms with E-state index in [0.29, 0.717) is 13.0 Å². The predicted octanol–water partition coefficient (Wildman–Crippen LogP) is 2.27. The third-order valence-corrected chi connectivity index (χ3v) is 2.17. The van der Waals surface area contributed by atoms with Gasteiger partial charge in [0.1, 0.15) is 0 Å². The Morgan fingerprint density at radius 2 is 2.00 bits per heavy atom. The lowest BCUT2D eigenvalue weighted by Gasteiger charge is -2.15. The van der Waals surface area contributed by atoms with Crippen molar-refractivity contribution in [3.63, 3.8) is 0 Å². The number of halogens is 1. The lowest BCUT2D eigenvalue weighted by atomic mass is 10.2. The van der Waals surface area contributed by atoms with Crippen molar-refractivity contribution in [2.75, 3.05) is 13.6 Å². The fourth-order valence-corrected chi connectivity index (χ4v) is 1.34. The first kappa shape index (κ1) is 11.2. The molecule has 0 fully saturated rings. The third-order valence-electron chi connectivity index (χ3n) is 1.99. The van der Waals surface area contributed by atoms with Gasteiger partial charge in [-0.3, -0.25) is 4.79 Å². The van der Waals surface area contributed by atoms with Crippen LogP contribution in [0.4, 0.5) is 0 Å². The molecule has 76 valence electrons. The minimum atomic E-state index is -0.273. The van der Waals surface area contributed by atoms with Gasteiger partial charge in [-0.2, -0.15) is 0 Å². The molecular formula is C11H14ClNO. The molecule has 1 rings (SSSR count). The van der Waals surface area contributed by atoms with Gasteiger partial charge in [0.2, 0.25) is 5.24 Å². The fourth-order valence-electron chi connectivity index (χ4n) is 1.25. The van der Waals surface area contributed by atoms with Gasteiger partial charge in [-0.15, -0.1) is 0 Å². The standard InChI is InChI=1S/C11H14ClNO/c1-13(8-7-11(12)14)9-10-5-3-2-4-6-10/h2-6H,7-9H2,1H3. The molecule has 1 aromatic rings. The highest BCUT2D eigenvalue weighted by molar-refractivity contribution is 6.63. The number of benzene rings is 1. The van der Waals surface area contributed by atoms with Crippen molar-refractivity contribution in [2.24, 2.45) is 0 Å². The van der Waals surface area contributed by atoms with Crippen molar-refractivity contribution in [2.45, 2.75) is 13.0 Å². The minimum Gasteiger partial charge on any atom is -0.302 e. The molecule has 0 bridgehead atoms. The molecule has 0 amide bonds. The van der Waals surface area contributed by atoms with E-state index in [1.165, 1.54) is 5.56 Å². The largest absolute Gasteiger partial charge is 0.302 e. The van der Waals surface area contributed by atoms with E-state index in [4.69, 9.17) is 11.6 Å². The Labute approximate surface area is 89.5 Å². The molecule has 0 saturated carbocycles. The molecule has 3 heteroatoms. The number of carbonyl (C=O) groups excluding carboxylic acids is 1. The van der Waals surface area contributed by atoms with Crippen molar-refractivity contribution in [1.82, 2.24) is 4.90 Å². The summed E-state index contributed by atoms with van der Waals surface area (Å²) in [6.45, 7) is 1.56. The molecule has 1 aromatic carbocycles. The van der Waals surface area contributed by atoms with Crippen molar-refractivity contribution >= 4 is 16.8 Å². The van der Waals surface area contributed by atoms with Crippen molar-refractivity contribution < 1.29 is 4.79 Å². The summed E-state index contributed by atoms with van der Waals surface area (Å²) in [5.74, 6) is 0. The summed E-state index contributed by atoms with van der Waals surface area (Å²) in [6.07, 6.45) is 0.408. The normalized spacial score (nSPS) is 10.5. The Morgan fingerprint density at radius 1 is 1.36 bits per heavy atom. The number of nitrogens with zero attached hydrogens (tertiary/aromatic N) is 1. The molecule has 0 aliphatic carbocycles. The highest BCUT2D eigenvalue weighted by Crippen LogP contribution is 2.03. The van der Waals surface area contributed by atoms with Gasteiger partial charge in [-0.1, -0.05) is 30.3 Å². The Hall–Kier alpha value is -0.860. The molecule has 0 radical (unpaired) electrons. The molecule has 0 N–H and O–H groups in total. The van der Waals surface area contributed by atoms with E-state index in [1.807, 2.05) is 25.2 Å². The van der Waals surface area contributed by atoms with Gasteiger partial charge < -0.3 is 4.90 Å². The van der Waals surface area contributed by atoms with Gasteiger partial charge in [0.25, 0.3) is 0 Å². The summed E-state index contributed by atoms with van der Waals surface area (Å²) >= 11 is 5.26. The summed E-state index contributed by atoms with van der Waals surface area (Å²) < 4.78 is 0. The smallest absolute Gasteiger partial charge is 0.222 e. The summed E-state index contributed by atoms with van der Waals surface area (Å²) in [4.78, 5) is 12.6. The van der Waals surface area contributed by atoms with Crippen LogP contribution in [-0.4, -0.2) is 23.7 Å². The monoisotopic (exact) mass is 211 g/mol. The van der Waals surface area contributed by atoms with Crippen LogP contribution in [0, 0.1) is 0 Å². The molecule has 0 unspecified atom stereocenters. The van der Waals surface area contributed by atoms with Crippen LogP contribution >= 0.6 is 11.6 Å². The fraction of sp³-hybridized carbons (Fsp3) is 0.364. The Bertz CT molecular complexity index is 287. The number of hydrogen-bond donors (Lipinski definition) is 0. The highest BCUT2D eigenvalue weighted by atomic mass is 35.5. The van der Waals surface area contributed by atoms with Crippen LogP contribution in [0.2, 0.25) is 0 Å². The first-order chi connectivity index (χ1) is 6.68. The van der Waals surface area contributed by atoms with Crippen LogP contribution in [0.15, 0.2) is 30.3 Å². The predicted molar refractivity (Wildman–Crippen MR) is 58.3 cm³/mol. The second kappa shape index (κ2) is 5.78. The van der Waals surface area contributed by atoms with E-state index < -0.39 is 0 Å². The van der Waals surface area contributed by atoms with E-state index in [-0.39, 0.29) is 5.24 Å². The van der Waals surface area contributed by atoms with Crippen LogP contribution in [0.25, 0.3) is 0 Å². The quantitative estimate of drug-likeness (QED) is 0.697. The van der Waals surface area contributed by atoms with E-state index in [9.17, 15) is 4.79 Å². The summed E-state index contributed by atoms with van der Waals surface area (Å²) in [7, 11) is 1.98. The van der Waals surface area contributed by atoms with Crippen molar-refractivity contribution in [3.8, 4) is 0 Å². The molecule has 0 atom stereocenters. The van der Waals surface area contributed by atoms with Crippen molar-refractivity contribution in [3.05, 3.63) is 35.9 Å². The lowest BCUT2D eigenvalue weighted by Crippen LogP contribution is -2.20. The van der Waals surface area contributed by atoms with Gasteiger partial charge >= 0.3 is 0 Å². The Balaban J connectivity index is 2.34. The highest BCUT2D eigenvalue weighted by Gasteiger charge is 2.02. The summed E-state index contributed by atoms with van der Waals surface area (Å²) in [5.41, 5.74) is 1.25. The molecule has 0 aliphatic rings. The van der Waals surface area contributed by atoms with Gasteiger partial charge in [-0.25, -0.2) is 0 Å². The zero-order chi connectivity index (χ0) is 10.4. The van der Waals surface area contributed by atoms with E-state index in [2.05, 4.69) is 17.0 Å². The van der Waals surface area contributed by atoms with Crippen LogP contribution in [0.3, 0.4) is 0 Å². The second-order valence-electron chi connectivity index (χ2n) is 3.33. The van der Waals surface area contributed by atoms with E-state index >= 15 is 0 Å². The average molecular weight is 212 g/mol. The molecule has 0 heterocycles. The molecule has 0 aromatic heterocycles. The zero-order valence-electron chi connectivity index (χ0n) is 8.24. The van der Waals surface area contributed by atoms with Crippen LogP contribution in [0.1, 0.15) is 12.0 Å². The first-order valence-electron chi connectivity index (χ1n) is 4.59. The van der Waals surface area contributed by atoms with Gasteiger partial charge in [0.15, 0.2) is 0 Å². The third kappa shape index (κ3) is 4.40. The van der Waals surface area contributed by atoms with Gasteiger partial charge in [0.05, 0.1) is 0 Å². The lowest BCUT2D eigenvalue weighted by molar-refractivity contribution is -0.111. The summed E-state index contributed by atoms with van der Waals surface area (Å²) in [5, 5.41) is -0.273. The number of hydrogen-bond acceptors (Lipinski definition) is 2. The minimum absolute atomic E-state index is 0.273. The maximum atomic E-state index is 10.5. The topological polar surface area (TPSA) is 20.3 Å². The maximum Gasteiger partial charge on any atom is 0.222 e. The molecule has 0 spiro atoms. The van der Waals surface area contributed by atoms with Crippen LogP contribution in [-0.2, 0) is 11.3 Å². The molecule has 14 heavy (non-hydrogen) atoms. The van der Waals surface area contributed by atoms with E-state index in [0.717, 1.165) is 6.54 Å². The van der Waals surface area contributed by atoms with Gasteiger partial charge in [0, 0.05) is 19.5 Å². The maximum absolute atomic E-state index is 10.5. The second-order valence-corrected chi connectivity index (χ2v) is 3.75. The SMILES string of the molecule is CN(CCC(=O)Cl)Cc1ccccc1.